The number of rotatable bonds is 6. The number of anilines is 3. The number of benzene rings is 3. The van der Waals surface area contributed by atoms with Crippen molar-refractivity contribution in [2.75, 3.05) is 10.6 Å². The van der Waals surface area contributed by atoms with Crippen LogP contribution >= 0.6 is 0 Å². The summed E-state index contributed by atoms with van der Waals surface area (Å²) in [5.41, 5.74) is 4.13. The number of nitrogens with one attached hydrogen (secondary N) is 2. The van der Waals surface area contributed by atoms with E-state index in [0.717, 1.165) is 21.8 Å². The number of hydrogen-bond donors (Lipinski definition) is 2. The van der Waals surface area contributed by atoms with Gasteiger partial charge in [0.25, 0.3) is 17.7 Å². The molecule has 0 bridgehead atoms. The van der Waals surface area contributed by atoms with Gasteiger partial charge < -0.3 is 15.1 Å². The number of fused-ring (bicyclic) bond motifs is 1. The van der Waals surface area contributed by atoms with Crippen molar-refractivity contribution in [3.8, 4) is 0 Å². The van der Waals surface area contributed by atoms with Gasteiger partial charge in [-0.15, -0.1) is 0 Å². The van der Waals surface area contributed by atoms with Crippen LogP contribution < -0.4 is 10.6 Å². The maximum Gasteiger partial charge on any atom is 0.261 e. The zero-order valence-corrected chi connectivity index (χ0v) is 18.4. The third-order valence-corrected chi connectivity index (χ3v) is 5.63. The molecule has 34 heavy (non-hydrogen) atoms. The molecule has 168 valence electrons. The number of carbonyl (C=O) groups excluding carboxylic acids is 3. The molecule has 3 aromatic carbocycles. The first-order valence-electron chi connectivity index (χ1n) is 10.8. The van der Waals surface area contributed by atoms with Gasteiger partial charge in [0.15, 0.2) is 0 Å². The van der Waals surface area contributed by atoms with Crippen molar-refractivity contribution in [2.45, 2.75) is 13.5 Å². The van der Waals surface area contributed by atoms with Crippen molar-refractivity contribution >= 4 is 34.8 Å². The Morgan fingerprint density at radius 3 is 2.32 bits per heavy atom. The van der Waals surface area contributed by atoms with Gasteiger partial charge in [-0.05, 0) is 61.5 Å². The second-order valence-electron chi connectivity index (χ2n) is 8.03. The molecule has 3 amide bonds. The van der Waals surface area contributed by atoms with Gasteiger partial charge in [-0.1, -0.05) is 29.8 Å². The standard InChI is InChI=1S/C27H21N3O4/c1-17-8-11-19(12-9-17)28-23-6-2-3-7-24(23)29-25(31)18-10-13-21-22(15-18)27(33)30(26(21)32)16-20-5-4-14-34-20/h2-15,28H,16H2,1H3,(H,29,31). The van der Waals surface area contributed by atoms with Crippen molar-refractivity contribution in [1.82, 2.24) is 4.90 Å². The van der Waals surface area contributed by atoms with Crippen LogP contribution in [0.4, 0.5) is 17.1 Å². The highest BCUT2D eigenvalue weighted by Crippen LogP contribution is 2.28. The van der Waals surface area contributed by atoms with Crippen molar-refractivity contribution in [1.29, 1.82) is 0 Å². The van der Waals surface area contributed by atoms with Crippen LogP contribution in [0.15, 0.2) is 89.5 Å². The molecule has 7 heteroatoms. The average Bonchev–Trinajstić information content (AvgIpc) is 3.44. The Balaban J connectivity index is 1.35. The van der Waals surface area contributed by atoms with Gasteiger partial charge >= 0.3 is 0 Å². The molecule has 1 aliphatic heterocycles. The Morgan fingerprint density at radius 2 is 1.59 bits per heavy atom. The molecule has 2 N–H and O–H groups in total. The Morgan fingerprint density at radius 1 is 0.853 bits per heavy atom. The van der Waals surface area contributed by atoms with Gasteiger partial charge in [0, 0.05) is 11.3 Å². The molecule has 1 aromatic heterocycles. The van der Waals surface area contributed by atoms with E-state index in [1.165, 1.54) is 18.4 Å². The Labute approximate surface area is 196 Å². The van der Waals surface area contributed by atoms with E-state index in [9.17, 15) is 14.4 Å². The van der Waals surface area contributed by atoms with Crippen LogP contribution in [-0.2, 0) is 6.54 Å². The molecular formula is C27H21N3O4. The number of amides is 3. The van der Waals surface area contributed by atoms with E-state index < -0.39 is 11.8 Å². The monoisotopic (exact) mass is 451 g/mol. The van der Waals surface area contributed by atoms with Crippen LogP contribution in [0.3, 0.4) is 0 Å². The van der Waals surface area contributed by atoms with E-state index >= 15 is 0 Å². The minimum atomic E-state index is -0.451. The third kappa shape index (κ3) is 4.06. The number of nitrogens with zero attached hydrogens (tertiary/aromatic N) is 1. The minimum absolute atomic E-state index is 0.0406. The molecule has 0 saturated carbocycles. The molecular weight excluding hydrogens is 430 g/mol. The summed E-state index contributed by atoms with van der Waals surface area (Å²) in [7, 11) is 0. The lowest BCUT2D eigenvalue weighted by Crippen LogP contribution is -2.28. The van der Waals surface area contributed by atoms with E-state index in [4.69, 9.17) is 4.42 Å². The average molecular weight is 451 g/mol. The first kappa shape index (κ1) is 21.2. The Bertz CT molecular complexity index is 1390. The number of furan rings is 1. The molecule has 4 aromatic rings. The summed E-state index contributed by atoms with van der Waals surface area (Å²) in [6.07, 6.45) is 1.49. The smallest absolute Gasteiger partial charge is 0.261 e. The highest BCUT2D eigenvalue weighted by Gasteiger charge is 2.36. The zero-order chi connectivity index (χ0) is 23.7. The van der Waals surface area contributed by atoms with Crippen molar-refractivity contribution in [3.63, 3.8) is 0 Å². The van der Waals surface area contributed by atoms with E-state index in [0.29, 0.717) is 11.4 Å². The number of imide groups is 1. The van der Waals surface area contributed by atoms with Crippen LogP contribution in [-0.4, -0.2) is 22.6 Å². The maximum absolute atomic E-state index is 13.0. The molecule has 1 aliphatic rings. The maximum atomic E-state index is 13.0. The van der Waals surface area contributed by atoms with Crippen LogP contribution in [0, 0.1) is 6.92 Å². The molecule has 2 heterocycles. The Kier molecular flexibility index (Phi) is 5.43. The predicted octanol–water partition coefficient (Wildman–Crippen LogP) is 5.38. The number of para-hydroxylation sites is 2. The summed E-state index contributed by atoms with van der Waals surface area (Å²) < 4.78 is 5.26. The fourth-order valence-corrected chi connectivity index (χ4v) is 3.82. The zero-order valence-electron chi connectivity index (χ0n) is 18.4. The quantitative estimate of drug-likeness (QED) is 0.384. The first-order valence-corrected chi connectivity index (χ1v) is 10.8. The normalized spacial score (nSPS) is 12.6. The van der Waals surface area contributed by atoms with Gasteiger partial charge in [-0.3, -0.25) is 19.3 Å². The van der Waals surface area contributed by atoms with Gasteiger partial charge in [-0.25, -0.2) is 0 Å². The molecule has 0 fully saturated rings. The highest BCUT2D eigenvalue weighted by molar-refractivity contribution is 6.22. The fourth-order valence-electron chi connectivity index (χ4n) is 3.82. The lowest BCUT2D eigenvalue weighted by atomic mass is 10.1. The summed E-state index contributed by atoms with van der Waals surface area (Å²) in [5.74, 6) is -0.737. The Hall–Kier alpha value is -4.65. The molecule has 0 unspecified atom stereocenters. The van der Waals surface area contributed by atoms with Crippen LogP contribution in [0.2, 0.25) is 0 Å². The summed E-state index contributed by atoms with van der Waals surface area (Å²) >= 11 is 0. The molecule has 0 radical (unpaired) electrons. The second-order valence-corrected chi connectivity index (χ2v) is 8.03. The largest absolute Gasteiger partial charge is 0.467 e. The molecule has 0 saturated heterocycles. The van der Waals surface area contributed by atoms with Crippen LogP contribution in [0.1, 0.15) is 42.4 Å². The van der Waals surface area contributed by atoms with E-state index in [-0.39, 0.29) is 29.1 Å². The summed E-state index contributed by atoms with van der Waals surface area (Å²) in [5, 5.41) is 6.21. The first-order chi connectivity index (χ1) is 16.5. The second kappa shape index (κ2) is 8.71. The van der Waals surface area contributed by atoms with E-state index in [2.05, 4.69) is 10.6 Å². The van der Waals surface area contributed by atoms with E-state index in [1.54, 1.807) is 24.3 Å². The van der Waals surface area contributed by atoms with Gasteiger partial charge in [-0.2, -0.15) is 0 Å². The lowest BCUT2D eigenvalue weighted by Gasteiger charge is -2.13. The minimum Gasteiger partial charge on any atom is -0.467 e. The lowest BCUT2D eigenvalue weighted by molar-refractivity contribution is 0.0631. The molecule has 0 atom stereocenters. The van der Waals surface area contributed by atoms with Gasteiger partial charge in [0.1, 0.15) is 5.76 Å². The topological polar surface area (TPSA) is 91.7 Å². The fraction of sp³-hybridized carbons (Fsp3) is 0.0741. The third-order valence-electron chi connectivity index (χ3n) is 5.63. The van der Waals surface area contributed by atoms with Crippen LogP contribution in [0.25, 0.3) is 0 Å². The molecule has 5 rings (SSSR count). The molecule has 0 spiro atoms. The van der Waals surface area contributed by atoms with Gasteiger partial charge in [0.2, 0.25) is 0 Å². The molecule has 7 nitrogen and oxygen atoms in total. The van der Waals surface area contributed by atoms with E-state index in [1.807, 2.05) is 49.4 Å². The summed E-state index contributed by atoms with van der Waals surface area (Å²) in [6, 6.07) is 23.2. The summed E-state index contributed by atoms with van der Waals surface area (Å²) in [4.78, 5) is 39.7. The highest BCUT2D eigenvalue weighted by atomic mass is 16.3. The van der Waals surface area contributed by atoms with Crippen molar-refractivity contribution < 1.29 is 18.8 Å². The van der Waals surface area contributed by atoms with Crippen molar-refractivity contribution in [3.05, 3.63) is 113 Å². The number of hydrogen-bond acceptors (Lipinski definition) is 5. The SMILES string of the molecule is Cc1ccc(Nc2ccccc2NC(=O)c2ccc3c(c2)C(=O)N(Cc2ccco2)C3=O)cc1. The predicted molar refractivity (Wildman–Crippen MR) is 128 cm³/mol. The van der Waals surface area contributed by atoms with Crippen molar-refractivity contribution in [2.24, 2.45) is 0 Å². The number of carbonyl (C=O) groups is 3. The van der Waals surface area contributed by atoms with Crippen LogP contribution in [0.5, 0.6) is 0 Å². The van der Waals surface area contributed by atoms with Gasteiger partial charge in [0.05, 0.1) is 35.3 Å². The summed E-state index contributed by atoms with van der Waals surface area (Å²) in [6.45, 7) is 2.06. The molecule has 0 aliphatic carbocycles. The number of aryl methyl sites for hydroxylation is 1.